The number of nitrogens with one attached hydrogen (secondary N) is 1. The average Bonchev–Trinajstić information content (AvgIpc) is 2.75. The lowest BCUT2D eigenvalue weighted by molar-refractivity contribution is -0.133. The molecule has 0 saturated carbocycles. The van der Waals surface area contributed by atoms with Gasteiger partial charge in [0.05, 0.1) is 10.6 Å². The van der Waals surface area contributed by atoms with Crippen molar-refractivity contribution >= 4 is 33.5 Å². The average molecular weight is 465 g/mol. The molecule has 0 aliphatic carbocycles. The lowest BCUT2D eigenvalue weighted by Gasteiger charge is -2.20. The molecule has 0 aliphatic heterocycles. The molecule has 1 N–H and O–H groups in total. The zero-order chi connectivity index (χ0) is 23.0. The van der Waals surface area contributed by atoms with E-state index in [-0.39, 0.29) is 27.9 Å². The largest absolute Gasteiger partial charge is 0.452 e. The molecular weight excluding hydrogens is 440 g/mol. The molecule has 0 spiro atoms. The molecule has 31 heavy (non-hydrogen) atoms. The first-order chi connectivity index (χ1) is 14.6. The van der Waals surface area contributed by atoms with Crippen molar-refractivity contribution in [2.24, 2.45) is 0 Å². The van der Waals surface area contributed by atoms with Crippen LogP contribution in [0.1, 0.15) is 29.8 Å². The van der Waals surface area contributed by atoms with Crippen LogP contribution in [-0.2, 0) is 26.1 Å². The van der Waals surface area contributed by atoms with Gasteiger partial charge in [-0.2, -0.15) is 0 Å². The quantitative estimate of drug-likeness (QED) is 0.429. The molecule has 2 aromatic carbocycles. The summed E-state index contributed by atoms with van der Waals surface area (Å²) >= 11 is 6.06. The van der Waals surface area contributed by atoms with E-state index in [0.717, 1.165) is 17.2 Å². The summed E-state index contributed by atoms with van der Waals surface area (Å²) in [5, 5.41) is -0.0354. The number of carbonyl (C=O) groups excluding carboxylic acids is 2. The molecule has 166 valence electrons. The van der Waals surface area contributed by atoms with E-state index in [1.807, 2.05) is 6.07 Å². The van der Waals surface area contributed by atoms with Crippen LogP contribution in [-0.4, -0.2) is 44.9 Å². The van der Waals surface area contributed by atoms with Crippen LogP contribution in [0.2, 0.25) is 5.02 Å². The number of sulfonamides is 1. The minimum absolute atomic E-state index is 0.0276. The van der Waals surface area contributed by atoms with Crippen LogP contribution in [0.4, 0.5) is 0 Å². The van der Waals surface area contributed by atoms with Crippen molar-refractivity contribution in [1.29, 1.82) is 0 Å². The van der Waals surface area contributed by atoms with Gasteiger partial charge >= 0.3 is 5.97 Å². The summed E-state index contributed by atoms with van der Waals surface area (Å²) in [5.41, 5.74) is 1.55. The summed E-state index contributed by atoms with van der Waals surface area (Å²) in [6, 6.07) is 12.8. The number of esters is 1. The van der Waals surface area contributed by atoms with Crippen LogP contribution in [0, 0.1) is 0 Å². The zero-order valence-corrected chi connectivity index (χ0v) is 19.0. The summed E-state index contributed by atoms with van der Waals surface area (Å²) in [6.07, 6.45) is 0. The molecule has 0 unspecified atom stereocenters. The minimum atomic E-state index is -3.98. The number of nitrogens with zero attached hydrogens (tertiary/aromatic N) is 1. The summed E-state index contributed by atoms with van der Waals surface area (Å²) in [4.78, 5) is 25.9. The highest BCUT2D eigenvalue weighted by Crippen LogP contribution is 2.23. The maximum atomic E-state index is 12.7. The van der Waals surface area contributed by atoms with Crippen LogP contribution in [0.25, 0.3) is 0 Å². The molecule has 0 fully saturated rings. The van der Waals surface area contributed by atoms with Gasteiger partial charge in [-0.1, -0.05) is 54.1 Å². The summed E-state index contributed by atoms with van der Waals surface area (Å²) in [6.45, 7) is 7.78. The van der Waals surface area contributed by atoms with Crippen LogP contribution in [0.15, 0.2) is 65.6 Å². The Bertz CT molecular complexity index is 1050. The Morgan fingerprint density at radius 1 is 1.16 bits per heavy atom. The maximum absolute atomic E-state index is 12.7. The third-order valence-corrected chi connectivity index (χ3v) is 6.17. The fourth-order valence-corrected chi connectivity index (χ4v) is 4.23. The number of rotatable bonds is 10. The molecule has 0 aliphatic rings. The Hall–Kier alpha value is -2.68. The number of amides is 1. The summed E-state index contributed by atoms with van der Waals surface area (Å²) < 4.78 is 32.9. The molecule has 9 heteroatoms. The maximum Gasteiger partial charge on any atom is 0.338 e. The first kappa shape index (κ1) is 24.6. The highest BCUT2D eigenvalue weighted by atomic mass is 35.5. The lowest BCUT2D eigenvalue weighted by Crippen LogP contribution is -2.35. The van der Waals surface area contributed by atoms with Crippen LogP contribution in [0.5, 0.6) is 0 Å². The molecule has 0 heterocycles. The van der Waals surface area contributed by atoms with E-state index in [1.54, 1.807) is 38.1 Å². The van der Waals surface area contributed by atoms with E-state index in [4.69, 9.17) is 16.3 Å². The first-order valence-electron chi connectivity index (χ1n) is 9.56. The number of halogens is 1. The summed E-state index contributed by atoms with van der Waals surface area (Å²) in [5.74, 6) is -1.19. The Morgan fingerprint density at radius 2 is 1.84 bits per heavy atom. The highest BCUT2D eigenvalue weighted by Gasteiger charge is 2.21. The Balaban J connectivity index is 2.09. The van der Waals surface area contributed by atoms with Crippen molar-refractivity contribution in [3.05, 3.63) is 76.8 Å². The smallest absolute Gasteiger partial charge is 0.338 e. The van der Waals surface area contributed by atoms with Gasteiger partial charge in [0.15, 0.2) is 6.61 Å². The predicted octanol–water partition coefficient (Wildman–Crippen LogP) is 3.40. The molecule has 0 atom stereocenters. The molecule has 0 saturated heterocycles. The van der Waals surface area contributed by atoms with Crippen LogP contribution < -0.4 is 4.72 Å². The van der Waals surface area contributed by atoms with Gasteiger partial charge in [0, 0.05) is 19.6 Å². The van der Waals surface area contributed by atoms with Crippen molar-refractivity contribution in [2.45, 2.75) is 25.3 Å². The minimum Gasteiger partial charge on any atom is -0.452 e. The van der Waals surface area contributed by atoms with Crippen molar-refractivity contribution in [1.82, 2.24) is 9.62 Å². The Labute approximate surface area is 187 Å². The topological polar surface area (TPSA) is 92.8 Å². The molecule has 2 aromatic rings. The van der Waals surface area contributed by atoms with Gasteiger partial charge in [0.1, 0.15) is 4.90 Å². The molecular formula is C22H25ClN2O5S. The third kappa shape index (κ3) is 7.20. The van der Waals surface area contributed by atoms with E-state index in [9.17, 15) is 18.0 Å². The number of benzene rings is 2. The zero-order valence-electron chi connectivity index (χ0n) is 17.4. The first-order valence-corrected chi connectivity index (χ1v) is 11.4. The summed E-state index contributed by atoms with van der Waals surface area (Å²) in [7, 11) is -3.98. The van der Waals surface area contributed by atoms with E-state index in [2.05, 4.69) is 11.3 Å². The lowest BCUT2D eigenvalue weighted by atomic mass is 10.2. The Kier molecular flexibility index (Phi) is 8.79. The van der Waals surface area contributed by atoms with Gasteiger partial charge in [0.2, 0.25) is 10.0 Å². The Morgan fingerprint density at radius 3 is 2.45 bits per heavy atom. The van der Waals surface area contributed by atoms with Crippen molar-refractivity contribution in [3.8, 4) is 0 Å². The van der Waals surface area contributed by atoms with Crippen LogP contribution >= 0.6 is 11.6 Å². The second-order valence-electron chi connectivity index (χ2n) is 6.90. The van der Waals surface area contributed by atoms with E-state index in [1.165, 1.54) is 17.0 Å². The van der Waals surface area contributed by atoms with Gasteiger partial charge < -0.3 is 9.64 Å². The standard InChI is InChI=1S/C22H25ClN2O5S/c1-4-25(14-16(2)3)21(26)15-30-22(27)18-10-11-19(23)20(12-18)31(28,29)24-13-17-8-6-5-7-9-17/h5-12,24H,2,4,13-15H2,1,3H3. The van der Waals surface area contributed by atoms with E-state index >= 15 is 0 Å². The molecule has 0 radical (unpaired) electrons. The number of carbonyl (C=O) groups is 2. The second kappa shape index (κ2) is 11.1. The fourth-order valence-electron chi connectivity index (χ4n) is 2.69. The predicted molar refractivity (Wildman–Crippen MR) is 119 cm³/mol. The van der Waals surface area contributed by atoms with Crippen molar-refractivity contribution < 1.29 is 22.7 Å². The van der Waals surface area contributed by atoms with Crippen molar-refractivity contribution in [3.63, 3.8) is 0 Å². The van der Waals surface area contributed by atoms with E-state index in [0.29, 0.717) is 13.1 Å². The number of hydrogen-bond donors (Lipinski definition) is 1. The van der Waals surface area contributed by atoms with Crippen molar-refractivity contribution in [2.75, 3.05) is 19.7 Å². The van der Waals surface area contributed by atoms with Gasteiger partial charge in [0.25, 0.3) is 5.91 Å². The highest BCUT2D eigenvalue weighted by molar-refractivity contribution is 7.89. The van der Waals surface area contributed by atoms with Gasteiger partial charge in [-0.05, 0) is 37.6 Å². The second-order valence-corrected chi connectivity index (χ2v) is 9.04. The van der Waals surface area contributed by atoms with Gasteiger partial charge in [-0.15, -0.1) is 0 Å². The molecule has 7 nitrogen and oxygen atoms in total. The normalized spacial score (nSPS) is 11.1. The van der Waals surface area contributed by atoms with E-state index < -0.39 is 22.6 Å². The third-order valence-electron chi connectivity index (χ3n) is 4.29. The fraction of sp³-hybridized carbons (Fsp3) is 0.273. The molecule has 0 aromatic heterocycles. The van der Waals surface area contributed by atoms with Crippen LogP contribution in [0.3, 0.4) is 0 Å². The number of ether oxygens (including phenoxy) is 1. The molecule has 1 amide bonds. The monoisotopic (exact) mass is 464 g/mol. The van der Waals surface area contributed by atoms with Gasteiger partial charge in [-0.25, -0.2) is 17.9 Å². The SMILES string of the molecule is C=C(C)CN(CC)C(=O)COC(=O)c1ccc(Cl)c(S(=O)(=O)NCc2ccccc2)c1. The van der Waals surface area contributed by atoms with Gasteiger partial charge in [-0.3, -0.25) is 4.79 Å². The molecule has 2 rings (SSSR count). The number of likely N-dealkylation sites (N-methyl/N-ethyl adjacent to an activating group) is 1. The molecule has 0 bridgehead atoms. The number of hydrogen-bond acceptors (Lipinski definition) is 5.